The summed E-state index contributed by atoms with van der Waals surface area (Å²) in [6.45, 7) is 0. The van der Waals surface area contributed by atoms with Crippen LogP contribution in [0.15, 0.2) is 10.7 Å². The lowest BCUT2D eigenvalue weighted by Gasteiger charge is -2.05. The highest BCUT2D eigenvalue weighted by Gasteiger charge is 2.24. The van der Waals surface area contributed by atoms with Gasteiger partial charge >= 0.3 is 5.97 Å². The van der Waals surface area contributed by atoms with E-state index in [0.29, 0.717) is 6.07 Å². The molecule has 0 amide bonds. The van der Waals surface area contributed by atoms with Crippen molar-refractivity contribution in [1.29, 1.82) is 0 Å². The number of hydrogen-bond acceptors (Lipinski definition) is 4. The molecule has 1 N–H and O–H groups in total. The van der Waals surface area contributed by atoms with E-state index in [0.717, 1.165) is 0 Å². The highest BCUT2D eigenvalue weighted by Crippen LogP contribution is 2.30. The predicted molar refractivity (Wildman–Crippen MR) is 54.9 cm³/mol. The summed E-state index contributed by atoms with van der Waals surface area (Å²) in [5, 5.41) is 19.2. The van der Waals surface area contributed by atoms with E-state index < -0.39 is 35.1 Å². The molecule has 0 saturated heterocycles. The molecule has 1 rings (SSSR count). The molecule has 0 radical (unpaired) electrons. The average Bonchev–Trinajstić information content (AvgIpc) is 2.19. The Bertz CT molecular complexity index is 481. The van der Waals surface area contributed by atoms with E-state index in [2.05, 4.69) is 20.9 Å². The Morgan fingerprint density at radius 2 is 2.24 bits per heavy atom. The van der Waals surface area contributed by atoms with Crippen LogP contribution in [0.1, 0.15) is 17.7 Å². The minimum absolute atomic E-state index is 0.244. The van der Waals surface area contributed by atoms with Gasteiger partial charge in [-0.15, -0.1) is 0 Å². The van der Waals surface area contributed by atoms with E-state index in [1.807, 2.05) is 0 Å². The van der Waals surface area contributed by atoms with Crippen molar-refractivity contribution in [3.05, 3.63) is 32.0 Å². The van der Waals surface area contributed by atoms with Crippen molar-refractivity contribution in [1.82, 2.24) is 4.98 Å². The van der Waals surface area contributed by atoms with Gasteiger partial charge in [0.25, 0.3) is 12.1 Å². The highest BCUT2D eigenvalue weighted by atomic mass is 79.9. The molecular formula is C8H5BrF2N2O4. The van der Waals surface area contributed by atoms with Gasteiger partial charge in [0, 0.05) is 6.07 Å². The Hall–Kier alpha value is -1.64. The molecule has 0 spiro atoms. The van der Waals surface area contributed by atoms with E-state index in [9.17, 15) is 23.7 Å². The summed E-state index contributed by atoms with van der Waals surface area (Å²) in [5.74, 6) is -1.32. The van der Waals surface area contributed by atoms with Gasteiger partial charge < -0.3 is 5.11 Å². The van der Waals surface area contributed by atoms with E-state index in [1.165, 1.54) is 0 Å². The van der Waals surface area contributed by atoms with Crippen LogP contribution in [0.2, 0.25) is 0 Å². The lowest BCUT2D eigenvalue weighted by molar-refractivity contribution is -0.385. The third-order valence-corrected chi connectivity index (χ3v) is 2.47. The molecule has 17 heavy (non-hydrogen) atoms. The second-order valence-corrected chi connectivity index (χ2v) is 3.72. The van der Waals surface area contributed by atoms with Crippen LogP contribution in [-0.2, 0) is 11.2 Å². The van der Waals surface area contributed by atoms with E-state index in [1.54, 1.807) is 0 Å². The first-order chi connectivity index (χ1) is 7.82. The minimum Gasteiger partial charge on any atom is -0.481 e. The molecule has 0 bridgehead atoms. The predicted octanol–water partition coefficient (Wildman–Crippen LogP) is 2.32. The number of hydrogen-bond donors (Lipinski definition) is 1. The number of nitrogens with zero attached hydrogens (tertiary/aromatic N) is 2. The first-order valence-corrected chi connectivity index (χ1v) is 4.96. The van der Waals surface area contributed by atoms with Crippen molar-refractivity contribution in [3.8, 4) is 0 Å². The van der Waals surface area contributed by atoms with Crippen molar-refractivity contribution in [3.63, 3.8) is 0 Å². The van der Waals surface area contributed by atoms with Crippen LogP contribution in [0.5, 0.6) is 0 Å². The van der Waals surface area contributed by atoms with Gasteiger partial charge in [0.15, 0.2) is 0 Å². The largest absolute Gasteiger partial charge is 0.481 e. The normalized spacial score (nSPS) is 10.6. The lowest BCUT2D eigenvalue weighted by atomic mass is 10.1. The molecule has 0 saturated carbocycles. The first kappa shape index (κ1) is 13.4. The van der Waals surface area contributed by atoms with Crippen molar-refractivity contribution in [2.75, 3.05) is 0 Å². The second kappa shape index (κ2) is 5.13. The molecule has 0 fully saturated rings. The number of rotatable bonds is 4. The van der Waals surface area contributed by atoms with Gasteiger partial charge in [0.1, 0.15) is 10.3 Å². The number of aliphatic carboxylic acids is 1. The summed E-state index contributed by atoms with van der Waals surface area (Å²) in [5.41, 5.74) is -1.71. The fourth-order valence-electron chi connectivity index (χ4n) is 1.14. The SMILES string of the molecule is O=C(O)Cc1c([N+](=O)[O-])cc(C(F)F)nc1Br. The maximum Gasteiger partial charge on any atom is 0.308 e. The number of pyridine rings is 1. The maximum absolute atomic E-state index is 12.4. The van der Waals surface area contributed by atoms with Gasteiger partial charge in [-0.1, -0.05) is 0 Å². The van der Waals surface area contributed by atoms with Crippen molar-refractivity contribution < 1.29 is 23.6 Å². The van der Waals surface area contributed by atoms with E-state index in [4.69, 9.17) is 5.11 Å². The van der Waals surface area contributed by atoms with Crippen molar-refractivity contribution in [2.45, 2.75) is 12.8 Å². The summed E-state index contributed by atoms with van der Waals surface area (Å²) in [6.07, 6.45) is -3.64. The third-order valence-electron chi connectivity index (χ3n) is 1.82. The molecule has 0 aliphatic rings. The zero-order chi connectivity index (χ0) is 13.2. The Morgan fingerprint density at radius 1 is 1.65 bits per heavy atom. The monoisotopic (exact) mass is 310 g/mol. The number of carbonyl (C=O) groups is 1. The summed E-state index contributed by atoms with van der Waals surface area (Å²) in [6, 6.07) is 0.577. The van der Waals surface area contributed by atoms with Gasteiger partial charge in [-0.2, -0.15) is 0 Å². The first-order valence-electron chi connectivity index (χ1n) is 4.16. The number of nitro groups is 1. The molecule has 0 aromatic carbocycles. The molecule has 92 valence electrons. The summed E-state index contributed by atoms with van der Waals surface area (Å²) < 4.78 is 24.5. The second-order valence-electron chi connectivity index (χ2n) is 2.96. The van der Waals surface area contributed by atoms with Gasteiger partial charge in [0.05, 0.1) is 16.9 Å². The average molecular weight is 311 g/mol. The van der Waals surface area contributed by atoms with E-state index >= 15 is 0 Å². The quantitative estimate of drug-likeness (QED) is 0.523. The van der Waals surface area contributed by atoms with Gasteiger partial charge in [-0.3, -0.25) is 14.9 Å². The van der Waals surface area contributed by atoms with Gasteiger partial charge in [0.2, 0.25) is 0 Å². The standard InChI is InChI=1S/C8H5BrF2N2O4/c9-7-3(1-6(14)15)5(13(16)17)2-4(12-7)8(10)11/h2,8H,1H2,(H,14,15). The lowest BCUT2D eigenvalue weighted by Crippen LogP contribution is -2.07. The van der Waals surface area contributed by atoms with Crippen molar-refractivity contribution >= 4 is 27.6 Å². The fourth-order valence-corrected chi connectivity index (χ4v) is 1.68. The number of carboxylic acid groups (broad SMARTS) is 1. The zero-order valence-electron chi connectivity index (χ0n) is 8.06. The van der Waals surface area contributed by atoms with Crippen LogP contribution in [0.3, 0.4) is 0 Å². The molecule has 9 heteroatoms. The highest BCUT2D eigenvalue weighted by molar-refractivity contribution is 9.10. The zero-order valence-corrected chi connectivity index (χ0v) is 9.65. The molecule has 1 heterocycles. The number of carboxylic acids is 1. The van der Waals surface area contributed by atoms with Crippen LogP contribution in [0, 0.1) is 10.1 Å². The smallest absolute Gasteiger partial charge is 0.308 e. The third kappa shape index (κ3) is 3.16. The molecular weight excluding hydrogens is 306 g/mol. The molecule has 0 atom stereocenters. The van der Waals surface area contributed by atoms with Crippen LogP contribution < -0.4 is 0 Å². The van der Waals surface area contributed by atoms with Gasteiger partial charge in [-0.05, 0) is 15.9 Å². The molecule has 0 aliphatic heterocycles. The summed E-state index contributed by atoms with van der Waals surface area (Å²) in [4.78, 5) is 23.6. The van der Waals surface area contributed by atoms with Crippen LogP contribution in [0.4, 0.5) is 14.5 Å². The van der Waals surface area contributed by atoms with Crippen LogP contribution >= 0.6 is 15.9 Å². The molecule has 6 nitrogen and oxygen atoms in total. The van der Waals surface area contributed by atoms with Crippen LogP contribution in [0.25, 0.3) is 0 Å². The molecule has 0 aliphatic carbocycles. The molecule has 1 aromatic heterocycles. The maximum atomic E-state index is 12.4. The molecule has 0 unspecified atom stereocenters. The summed E-state index contributed by atoms with van der Waals surface area (Å²) in [7, 11) is 0. The number of aromatic nitrogens is 1. The Morgan fingerprint density at radius 3 is 2.65 bits per heavy atom. The number of alkyl halides is 2. The minimum atomic E-state index is -2.97. The summed E-state index contributed by atoms with van der Waals surface area (Å²) >= 11 is 2.75. The Kier molecular flexibility index (Phi) is 4.05. The van der Waals surface area contributed by atoms with Crippen LogP contribution in [-0.4, -0.2) is 21.0 Å². The number of halogens is 3. The molecule has 1 aromatic rings. The van der Waals surface area contributed by atoms with E-state index in [-0.39, 0.29) is 10.2 Å². The Balaban J connectivity index is 3.38. The fraction of sp³-hybridized carbons (Fsp3) is 0.250. The Labute approximate surface area is 102 Å². The van der Waals surface area contributed by atoms with Crippen molar-refractivity contribution in [2.24, 2.45) is 0 Å². The topological polar surface area (TPSA) is 93.3 Å². The van der Waals surface area contributed by atoms with Gasteiger partial charge in [-0.25, -0.2) is 13.8 Å².